The van der Waals surface area contributed by atoms with Crippen LogP contribution in [-0.2, 0) is 4.74 Å². The zero-order chi connectivity index (χ0) is 14.6. The van der Waals surface area contributed by atoms with Crippen molar-refractivity contribution in [2.75, 3.05) is 24.9 Å². The molecule has 0 saturated heterocycles. The van der Waals surface area contributed by atoms with E-state index < -0.39 is 0 Å². The van der Waals surface area contributed by atoms with Crippen molar-refractivity contribution in [3.05, 3.63) is 29.8 Å². The molecular formula is C16H24O3S. The fourth-order valence-corrected chi connectivity index (χ4v) is 2.37. The molecule has 0 aliphatic carbocycles. The number of hydrogen-bond acceptors (Lipinski definition) is 4. The number of ether oxygens (including phenoxy) is 2. The minimum atomic E-state index is 0.00281. The van der Waals surface area contributed by atoms with Crippen molar-refractivity contribution in [1.82, 2.24) is 0 Å². The van der Waals surface area contributed by atoms with Crippen LogP contribution in [0.2, 0.25) is 0 Å². The maximum Gasteiger partial charge on any atom is 0.188 e. The van der Waals surface area contributed by atoms with Crippen molar-refractivity contribution in [2.45, 2.75) is 33.1 Å². The molecule has 0 aromatic heterocycles. The van der Waals surface area contributed by atoms with Gasteiger partial charge in [0, 0.05) is 5.56 Å². The summed E-state index contributed by atoms with van der Waals surface area (Å²) < 4.78 is 10.9. The van der Waals surface area contributed by atoms with Crippen LogP contribution in [-0.4, -0.2) is 30.7 Å². The van der Waals surface area contributed by atoms with Crippen molar-refractivity contribution in [1.29, 1.82) is 0 Å². The maximum absolute atomic E-state index is 12.0. The molecule has 0 aliphatic heterocycles. The Morgan fingerprint density at radius 3 is 2.85 bits per heavy atom. The number of Topliss-reactive ketones (excluding diaryl/α,β-unsaturated/α-hetero) is 1. The molecule has 0 saturated carbocycles. The van der Waals surface area contributed by atoms with Gasteiger partial charge in [0.05, 0.1) is 12.5 Å². The molecule has 0 atom stereocenters. The normalized spacial score (nSPS) is 10.5. The van der Waals surface area contributed by atoms with Crippen LogP contribution in [0.4, 0.5) is 0 Å². The summed E-state index contributed by atoms with van der Waals surface area (Å²) in [4.78, 5) is 12.0. The van der Waals surface area contributed by atoms with Gasteiger partial charge in [-0.2, -0.15) is 0 Å². The first-order valence-corrected chi connectivity index (χ1v) is 8.35. The van der Waals surface area contributed by atoms with Crippen molar-refractivity contribution >= 4 is 17.5 Å². The van der Waals surface area contributed by atoms with E-state index in [0.717, 1.165) is 17.9 Å². The van der Waals surface area contributed by atoms with Gasteiger partial charge in [0.25, 0.3) is 0 Å². The number of carbonyl (C=O) groups excluding carboxylic acids is 1. The zero-order valence-corrected chi connectivity index (χ0v) is 13.2. The van der Waals surface area contributed by atoms with E-state index >= 15 is 0 Å². The topological polar surface area (TPSA) is 35.5 Å². The smallest absolute Gasteiger partial charge is 0.188 e. The van der Waals surface area contributed by atoms with Crippen LogP contribution in [0.3, 0.4) is 0 Å². The van der Waals surface area contributed by atoms with Crippen LogP contribution in [0.15, 0.2) is 24.3 Å². The highest BCUT2D eigenvalue weighted by atomic mass is 32.2. The summed E-state index contributed by atoms with van der Waals surface area (Å²) in [7, 11) is 0. The largest absolute Gasteiger partial charge is 0.494 e. The highest BCUT2D eigenvalue weighted by Gasteiger charge is 2.07. The molecule has 0 heterocycles. The second-order valence-corrected chi connectivity index (χ2v) is 5.58. The van der Waals surface area contributed by atoms with E-state index in [4.69, 9.17) is 9.47 Å². The van der Waals surface area contributed by atoms with Gasteiger partial charge in [-0.3, -0.25) is 4.79 Å². The molecule has 0 radical (unpaired) electrons. The van der Waals surface area contributed by atoms with Gasteiger partial charge in [0.2, 0.25) is 0 Å². The minimum Gasteiger partial charge on any atom is -0.494 e. The Morgan fingerprint density at radius 1 is 1.25 bits per heavy atom. The monoisotopic (exact) mass is 296 g/mol. The third kappa shape index (κ3) is 6.96. The van der Waals surface area contributed by atoms with Crippen molar-refractivity contribution in [3.8, 4) is 5.75 Å². The molecule has 20 heavy (non-hydrogen) atoms. The number of rotatable bonds is 11. The predicted octanol–water partition coefficient (Wildman–Crippen LogP) is 4.17. The van der Waals surface area contributed by atoms with Gasteiger partial charge < -0.3 is 9.47 Å². The predicted molar refractivity (Wildman–Crippen MR) is 84.7 cm³/mol. The number of ketones is 1. The van der Waals surface area contributed by atoms with E-state index in [1.54, 1.807) is 23.9 Å². The Kier molecular flexibility index (Phi) is 9.16. The van der Waals surface area contributed by atoms with Crippen LogP contribution in [0, 0.1) is 0 Å². The number of benzene rings is 1. The Hall–Kier alpha value is -1.00. The summed E-state index contributed by atoms with van der Waals surface area (Å²) in [6.07, 6.45) is 3.34. The van der Waals surface area contributed by atoms with E-state index in [1.165, 1.54) is 12.8 Å². The summed E-state index contributed by atoms with van der Waals surface area (Å²) in [5.41, 5.74) is 0.650. The second kappa shape index (κ2) is 10.7. The molecule has 3 nitrogen and oxygen atoms in total. The molecule has 0 fully saturated rings. The lowest BCUT2D eigenvalue weighted by atomic mass is 10.1. The molecule has 112 valence electrons. The van der Waals surface area contributed by atoms with Crippen LogP contribution in [0.25, 0.3) is 0 Å². The van der Waals surface area contributed by atoms with Gasteiger partial charge in [0.15, 0.2) is 5.78 Å². The van der Waals surface area contributed by atoms with Gasteiger partial charge >= 0.3 is 0 Å². The van der Waals surface area contributed by atoms with Gasteiger partial charge in [-0.25, -0.2) is 0 Å². The number of carbonyl (C=O) groups is 1. The molecular weight excluding hydrogens is 272 g/mol. The molecule has 4 heteroatoms. The molecule has 1 aromatic rings. The zero-order valence-electron chi connectivity index (χ0n) is 12.4. The molecule has 1 rings (SSSR count). The molecule has 1 aromatic carbocycles. The molecule has 0 spiro atoms. The number of hydrogen-bond donors (Lipinski definition) is 0. The van der Waals surface area contributed by atoms with Crippen LogP contribution in [0.1, 0.15) is 43.5 Å². The average molecular weight is 296 g/mol. The van der Waals surface area contributed by atoms with Crippen molar-refractivity contribution < 1.29 is 14.3 Å². The summed E-state index contributed by atoms with van der Waals surface area (Å²) in [5, 5.41) is 0. The molecule has 0 amide bonds. The Morgan fingerprint density at radius 2 is 2.10 bits per heavy atom. The lowest BCUT2D eigenvalue weighted by molar-refractivity contribution is 0.0831. The molecule has 0 bridgehead atoms. The summed E-state index contributed by atoms with van der Waals surface area (Å²) in [5.74, 6) is 2.42. The van der Waals surface area contributed by atoms with Crippen molar-refractivity contribution in [3.63, 3.8) is 0 Å². The number of unbranched alkanes of at least 4 members (excludes halogenated alkanes) is 1. The van der Waals surface area contributed by atoms with E-state index in [9.17, 15) is 4.79 Å². The van der Waals surface area contributed by atoms with E-state index in [1.807, 2.05) is 12.1 Å². The maximum atomic E-state index is 12.0. The summed E-state index contributed by atoms with van der Waals surface area (Å²) in [6.45, 7) is 5.02. The highest BCUT2D eigenvalue weighted by Crippen LogP contribution is 2.14. The summed E-state index contributed by atoms with van der Waals surface area (Å²) >= 11 is 1.73. The Labute approximate surface area is 126 Å². The first-order chi connectivity index (χ1) is 9.77. The fourth-order valence-electron chi connectivity index (χ4n) is 1.56. The summed E-state index contributed by atoms with van der Waals surface area (Å²) in [6, 6.07) is 7.29. The van der Waals surface area contributed by atoms with Gasteiger partial charge in [-0.1, -0.05) is 32.4 Å². The van der Waals surface area contributed by atoms with E-state index in [2.05, 4.69) is 13.8 Å². The van der Waals surface area contributed by atoms with E-state index in [-0.39, 0.29) is 12.4 Å². The van der Waals surface area contributed by atoms with Crippen LogP contribution >= 0.6 is 11.8 Å². The lowest BCUT2D eigenvalue weighted by Crippen LogP contribution is -2.09. The SMILES string of the molecule is CCCCSCOCC(=O)c1cccc(OCCC)c1. The first-order valence-electron chi connectivity index (χ1n) is 7.19. The lowest BCUT2D eigenvalue weighted by Gasteiger charge is -2.07. The van der Waals surface area contributed by atoms with Crippen LogP contribution < -0.4 is 4.74 Å². The van der Waals surface area contributed by atoms with Gasteiger partial charge in [-0.15, -0.1) is 11.8 Å². The van der Waals surface area contributed by atoms with Crippen LogP contribution in [0.5, 0.6) is 5.75 Å². The third-order valence-electron chi connectivity index (χ3n) is 2.67. The average Bonchev–Trinajstić information content (AvgIpc) is 2.48. The van der Waals surface area contributed by atoms with Crippen molar-refractivity contribution in [2.24, 2.45) is 0 Å². The van der Waals surface area contributed by atoms with Gasteiger partial charge in [-0.05, 0) is 30.7 Å². The molecule has 0 unspecified atom stereocenters. The van der Waals surface area contributed by atoms with Gasteiger partial charge in [0.1, 0.15) is 12.4 Å². The molecule has 0 N–H and O–H groups in total. The first kappa shape index (κ1) is 17.1. The Bertz CT molecular complexity index is 393. The minimum absolute atomic E-state index is 0.00281. The fraction of sp³-hybridized carbons (Fsp3) is 0.562. The standard InChI is InChI=1S/C16H24O3S/c1-3-5-10-20-13-18-12-16(17)14-7-6-8-15(11-14)19-9-4-2/h6-8,11H,3-5,9-10,12-13H2,1-2H3. The molecule has 0 aliphatic rings. The Balaban J connectivity index is 2.31. The quantitative estimate of drug-likeness (QED) is 0.349. The highest BCUT2D eigenvalue weighted by molar-refractivity contribution is 7.99. The van der Waals surface area contributed by atoms with E-state index in [0.29, 0.717) is 18.1 Å². The second-order valence-electron chi connectivity index (χ2n) is 4.53. The number of thioether (sulfide) groups is 1. The third-order valence-corrected chi connectivity index (χ3v) is 3.58.